The number of ether oxygens (including phenoxy) is 1. The van der Waals surface area contributed by atoms with Crippen LogP contribution in [0.5, 0.6) is 5.88 Å². The molecule has 1 heterocycles. The second-order valence-electron chi connectivity index (χ2n) is 3.73. The third-order valence-electron chi connectivity index (χ3n) is 2.50. The molecular weight excluding hydrogens is 254 g/mol. The number of ketones is 1. The summed E-state index contributed by atoms with van der Waals surface area (Å²) in [5.41, 5.74) is -0.0358. The van der Waals surface area contributed by atoms with Gasteiger partial charge in [-0.1, -0.05) is 12.1 Å². The molecule has 2 aromatic rings. The van der Waals surface area contributed by atoms with Gasteiger partial charge in [0, 0.05) is 18.8 Å². The van der Waals surface area contributed by atoms with E-state index in [4.69, 9.17) is 4.74 Å². The Morgan fingerprint density at radius 1 is 1.26 bits per heavy atom. The van der Waals surface area contributed by atoms with Crippen LogP contribution in [0.25, 0.3) is 0 Å². The van der Waals surface area contributed by atoms with E-state index in [1.54, 1.807) is 0 Å². The monoisotopic (exact) mass is 264 g/mol. The van der Waals surface area contributed by atoms with Gasteiger partial charge in [0.2, 0.25) is 5.88 Å². The lowest BCUT2D eigenvalue weighted by Gasteiger charge is -2.06. The molecule has 0 atom stereocenters. The molecule has 1 aromatic carbocycles. The largest absolute Gasteiger partial charge is 0.479 e. The van der Waals surface area contributed by atoms with Crippen molar-refractivity contribution in [2.45, 2.75) is 6.42 Å². The molecule has 4 nitrogen and oxygen atoms in total. The van der Waals surface area contributed by atoms with Crippen molar-refractivity contribution >= 4 is 5.78 Å². The Bertz CT molecular complexity index is 617. The minimum absolute atomic E-state index is 0.00587. The van der Waals surface area contributed by atoms with E-state index in [1.165, 1.54) is 31.6 Å². The van der Waals surface area contributed by atoms with Crippen LogP contribution < -0.4 is 4.74 Å². The standard InChI is InChI=1S/C13H10F2N2O2/c1-19-13-12(16-5-6-17-13)10(18)7-8-3-2-4-9(14)11(8)15/h2-6H,7H2,1H3. The molecule has 0 bridgehead atoms. The summed E-state index contributed by atoms with van der Waals surface area (Å²) in [4.78, 5) is 19.7. The Labute approximate surface area is 108 Å². The third kappa shape index (κ3) is 2.73. The second kappa shape index (κ2) is 5.51. The summed E-state index contributed by atoms with van der Waals surface area (Å²) in [6.07, 6.45) is 2.40. The van der Waals surface area contributed by atoms with Crippen LogP contribution in [-0.4, -0.2) is 22.9 Å². The van der Waals surface area contributed by atoms with Crippen LogP contribution in [0.1, 0.15) is 16.1 Å². The predicted molar refractivity (Wildman–Crippen MR) is 63.0 cm³/mol. The van der Waals surface area contributed by atoms with Crippen molar-refractivity contribution in [3.05, 3.63) is 53.5 Å². The van der Waals surface area contributed by atoms with Crippen LogP contribution in [0.2, 0.25) is 0 Å². The lowest BCUT2D eigenvalue weighted by atomic mass is 10.1. The molecule has 0 unspecified atom stereocenters. The van der Waals surface area contributed by atoms with Gasteiger partial charge in [-0.05, 0) is 11.6 Å². The van der Waals surface area contributed by atoms with E-state index < -0.39 is 17.4 Å². The molecule has 0 aliphatic carbocycles. The van der Waals surface area contributed by atoms with Gasteiger partial charge in [-0.25, -0.2) is 18.7 Å². The maximum absolute atomic E-state index is 13.5. The summed E-state index contributed by atoms with van der Waals surface area (Å²) < 4.78 is 31.4. The number of halogens is 2. The fraction of sp³-hybridized carbons (Fsp3) is 0.154. The zero-order valence-electron chi connectivity index (χ0n) is 10.1. The van der Waals surface area contributed by atoms with Crippen LogP contribution in [0.3, 0.4) is 0 Å². The molecule has 0 radical (unpaired) electrons. The zero-order chi connectivity index (χ0) is 13.8. The number of hydrogen-bond acceptors (Lipinski definition) is 4. The Hall–Kier alpha value is -2.37. The van der Waals surface area contributed by atoms with Crippen molar-refractivity contribution in [2.24, 2.45) is 0 Å². The Morgan fingerprint density at radius 2 is 2.00 bits per heavy atom. The highest BCUT2D eigenvalue weighted by Gasteiger charge is 2.18. The molecule has 0 amide bonds. The zero-order valence-corrected chi connectivity index (χ0v) is 10.1. The lowest BCUT2D eigenvalue weighted by molar-refractivity contribution is 0.0983. The SMILES string of the molecule is COc1nccnc1C(=O)Cc1cccc(F)c1F. The summed E-state index contributed by atoms with van der Waals surface area (Å²) in [5.74, 6) is -2.45. The van der Waals surface area contributed by atoms with Crippen LogP contribution in [0.4, 0.5) is 8.78 Å². The molecule has 0 aliphatic heterocycles. The average molecular weight is 264 g/mol. The van der Waals surface area contributed by atoms with Crippen LogP contribution in [-0.2, 0) is 6.42 Å². The molecular formula is C13H10F2N2O2. The van der Waals surface area contributed by atoms with Gasteiger partial charge in [0.1, 0.15) is 0 Å². The van der Waals surface area contributed by atoms with Crippen molar-refractivity contribution in [3.8, 4) is 5.88 Å². The van der Waals surface area contributed by atoms with Crippen molar-refractivity contribution in [2.75, 3.05) is 7.11 Å². The van der Waals surface area contributed by atoms with Crippen molar-refractivity contribution in [1.82, 2.24) is 9.97 Å². The number of rotatable bonds is 4. The molecule has 0 spiro atoms. The molecule has 0 fully saturated rings. The van der Waals surface area contributed by atoms with Gasteiger partial charge in [0.25, 0.3) is 0 Å². The van der Waals surface area contributed by atoms with E-state index in [0.717, 1.165) is 6.07 Å². The molecule has 6 heteroatoms. The summed E-state index contributed by atoms with van der Waals surface area (Å²) >= 11 is 0. The fourth-order valence-corrected chi connectivity index (χ4v) is 1.61. The van der Waals surface area contributed by atoms with Crippen molar-refractivity contribution < 1.29 is 18.3 Å². The Kier molecular flexibility index (Phi) is 3.79. The Balaban J connectivity index is 2.28. The smallest absolute Gasteiger partial charge is 0.243 e. The number of methoxy groups -OCH3 is 1. The second-order valence-corrected chi connectivity index (χ2v) is 3.73. The number of benzene rings is 1. The maximum Gasteiger partial charge on any atom is 0.243 e. The van der Waals surface area contributed by atoms with Crippen LogP contribution >= 0.6 is 0 Å². The van der Waals surface area contributed by atoms with E-state index >= 15 is 0 Å². The average Bonchev–Trinajstić information content (AvgIpc) is 2.43. The number of aromatic nitrogens is 2. The topological polar surface area (TPSA) is 52.1 Å². The van der Waals surface area contributed by atoms with Crippen LogP contribution in [0.15, 0.2) is 30.6 Å². The molecule has 0 aliphatic rings. The number of nitrogens with zero attached hydrogens (tertiary/aromatic N) is 2. The highest BCUT2D eigenvalue weighted by Crippen LogP contribution is 2.17. The van der Waals surface area contributed by atoms with Crippen molar-refractivity contribution in [3.63, 3.8) is 0 Å². The Morgan fingerprint density at radius 3 is 2.74 bits per heavy atom. The predicted octanol–water partition coefficient (Wildman–Crippen LogP) is 2.19. The molecule has 2 rings (SSSR count). The summed E-state index contributed by atoms with van der Waals surface area (Å²) in [6, 6.07) is 3.68. The van der Waals surface area contributed by atoms with Gasteiger partial charge in [-0.15, -0.1) is 0 Å². The minimum Gasteiger partial charge on any atom is -0.479 e. The molecule has 98 valence electrons. The van der Waals surface area contributed by atoms with Crippen LogP contribution in [0, 0.1) is 11.6 Å². The first kappa shape index (κ1) is 13.1. The van der Waals surface area contributed by atoms with Gasteiger partial charge in [-0.2, -0.15) is 0 Å². The van der Waals surface area contributed by atoms with E-state index in [0.29, 0.717) is 0 Å². The number of Topliss-reactive ketones (excluding diaryl/α,β-unsaturated/α-hetero) is 1. The number of carbonyl (C=O) groups excluding carboxylic acids is 1. The lowest BCUT2D eigenvalue weighted by Crippen LogP contribution is -2.10. The number of carbonyl (C=O) groups is 1. The molecule has 0 saturated carbocycles. The normalized spacial score (nSPS) is 10.3. The summed E-state index contributed by atoms with van der Waals surface area (Å²) in [7, 11) is 1.35. The maximum atomic E-state index is 13.5. The highest BCUT2D eigenvalue weighted by atomic mass is 19.2. The van der Waals surface area contributed by atoms with E-state index in [-0.39, 0.29) is 23.6 Å². The van der Waals surface area contributed by atoms with Gasteiger partial charge < -0.3 is 4.74 Å². The first-order valence-electron chi connectivity index (χ1n) is 5.44. The van der Waals surface area contributed by atoms with Gasteiger partial charge in [-0.3, -0.25) is 4.79 Å². The molecule has 1 aromatic heterocycles. The van der Waals surface area contributed by atoms with Gasteiger partial charge in [0.15, 0.2) is 23.1 Å². The summed E-state index contributed by atoms with van der Waals surface area (Å²) in [6.45, 7) is 0. The first-order chi connectivity index (χ1) is 9.13. The first-order valence-corrected chi connectivity index (χ1v) is 5.44. The van der Waals surface area contributed by atoms with Gasteiger partial charge in [0.05, 0.1) is 7.11 Å². The van der Waals surface area contributed by atoms with E-state index in [2.05, 4.69) is 9.97 Å². The quantitative estimate of drug-likeness (QED) is 0.794. The fourth-order valence-electron chi connectivity index (χ4n) is 1.61. The van der Waals surface area contributed by atoms with Gasteiger partial charge >= 0.3 is 0 Å². The highest BCUT2D eigenvalue weighted by molar-refractivity contribution is 5.97. The number of hydrogen-bond donors (Lipinski definition) is 0. The third-order valence-corrected chi connectivity index (χ3v) is 2.50. The van der Waals surface area contributed by atoms with Crippen molar-refractivity contribution in [1.29, 1.82) is 0 Å². The molecule has 19 heavy (non-hydrogen) atoms. The van der Waals surface area contributed by atoms with E-state index in [9.17, 15) is 13.6 Å². The van der Waals surface area contributed by atoms with E-state index in [1.807, 2.05) is 0 Å². The molecule has 0 saturated heterocycles. The molecule has 0 N–H and O–H groups in total. The minimum atomic E-state index is -1.03. The summed E-state index contributed by atoms with van der Waals surface area (Å²) in [5, 5.41) is 0.